The van der Waals surface area contributed by atoms with Crippen LogP contribution in [-0.4, -0.2) is 23.3 Å². The molecular formula is C11H18N2O2S. The Morgan fingerprint density at radius 3 is 2.69 bits per heavy atom. The van der Waals surface area contributed by atoms with Crippen LogP contribution in [0.2, 0.25) is 0 Å². The fourth-order valence-electron chi connectivity index (χ4n) is 1.26. The third kappa shape index (κ3) is 3.83. The van der Waals surface area contributed by atoms with E-state index >= 15 is 0 Å². The first-order chi connectivity index (χ1) is 7.59. The van der Waals surface area contributed by atoms with Crippen molar-refractivity contribution in [2.24, 2.45) is 0 Å². The van der Waals surface area contributed by atoms with E-state index in [-0.39, 0.29) is 12.6 Å². The molecule has 1 aromatic rings. The summed E-state index contributed by atoms with van der Waals surface area (Å²) in [4.78, 5) is 11.5. The van der Waals surface area contributed by atoms with Gasteiger partial charge in [-0.25, -0.2) is 4.79 Å². The van der Waals surface area contributed by atoms with Gasteiger partial charge in [-0.05, 0) is 24.3 Å². The van der Waals surface area contributed by atoms with Gasteiger partial charge in [-0.2, -0.15) is 11.3 Å². The van der Waals surface area contributed by atoms with Gasteiger partial charge < -0.3 is 15.7 Å². The maximum absolute atomic E-state index is 11.5. The smallest absolute Gasteiger partial charge is 0.319 e. The van der Waals surface area contributed by atoms with Gasteiger partial charge in [0.25, 0.3) is 0 Å². The molecule has 0 saturated heterocycles. The Hall–Kier alpha value is -1.07. The van der Waals surface area contributed by atoms with Crippen molar-refractivity contribution in [1.82, 2.24) is 5.32 Å². The first-order valence-corrected chi connectivity index (χ1v) is 6.33. The van der Waals surface area contributed by atoms with Crippen LogP contribution in [0.25, 0.3) is 0 Å². The molecule has 0 aliphatic rings. The second kappa shape index (κ2) is 5.86. The molecule has 5 heteroatoms. The van der Waals surface area contributed by atoms with Crippen LogP contribution in [0.15, 0.2) is 16.8 Å². The lowest BCUT2D eigenvalue weighted by Crippen LogP contribution is -2.43. The van der Waals surface area contributed by atoms with E-state index in [2.05, 4.69) is 10.6 Å². The zero-order chi connectivity index (χ0) is 12.0. The minimum atomic E-state index is -0.800. The van der Waals surface area contributed by atoms with Gasteiger partial charge in [0.15, 0.2) is 0 Å². The Morgan fingerprint density at radius 2 is 2.19 bits per heavy atom. The fraction of sp³-hybridized carbons (Fsp3) is 0.545. The minimum Gasteiger partial charge on any atom is -0.388 e. The van der Waals surface area contributed by atoms with Crippen LogP contribution < -0.4 is 10.6 Å². The molecule has 0 saturated carbocycles. The van der Waals surface area contributed by atoms with Crippen molar-refractivity contribution in [2.45, 2.75) is 32.3 Å². The number of amides is 2. The maximum atomic E-state index is 11.5. The first kappa shape index (κ1) is 13.0. The van der Waals surface area contributed by atoms with E-state index in [1.54, 1.807) is 0 Å². The molecule has 0 fully saturated rings. The van der Waals surface area contributed by atoms with E-state index < -0.39 is 5.60 Å². The summed E-state index contributed by atoms with van der Waals surface area (Å²) in [5.74, 6) is 0. The maximum Gasteiger partial charge on any atom is 0.319 e. The molecule has 0 bridgehead atoms. The zero-order valence-electron chi connectivity index (χ0n) is 9.62. The van der Waals surface area contributed by atoms with Crippen LogP contribution in [0, 0.1) is 0 Å². The van der Waals surface area contributed by atoms with E-state index in [4.69, 9.17) is 0 Å². The number of urea groups is 1. The molecule has 3 N–H and O–H groups in total. The lowest BCUT2D eigenvalue weighted by atomic mass is 9.98. The molecule has 0 aliphatic carbocycles. The summed E-state index contributed by atoms with van der Waals surface area (Å²) >= 11 is 1.52. The van der Waals surface area contributed by atoms with Crippen LogP contribution in [0.1, 0.15) is 26.7 Å². The number of anilines is 1. The molecule has 2 amide bonds. The Kier molecular flexibility index (Phi) is 4.76. The number of hydrogen-bond acceptors (Lipinski definition) is 3. The summed E-state index contributed by atoms with van der Waals surface area (Å²) in [6.07, 6.45) is 1.25. The number of rotatable bonds is 5. The third-order valence-electron chi connectivity index (χ3n) is 2.67. The summed E-state index contributed by atoms with van der Waals surface area (Å²) in [5.41, 5.74) is -0.0227. The van der Waals surface area contributed by atoms with Gasteiger partial charge >= 0.3 is 6.03 Å². The van der Waals surface area contributed by atoms with Crippen molar-refractivity contribution in [3.8, 4) is 0 Å². The first-order valence-electron chi connectivity index (χ1n) is 5.39. The predicted molar refractivity (Wildman–Crippen MR) is 66.9 cm³/mol. The highest BCUT2D eigenvalue weighted by molar-refractivity contribution is 7.08. The fourth-order valence-corrected chi connectivity index (χ4v) is 1.84. The normalized spacial score (nSPS) is 11.2. The monoisotopic (exact) mass is 242 g/mol. The molecule has 0 unspecified atom stereocenters. The molecule has 1 aromatic heterocycles. The SMILES string of the molecule is CCC(O)(CC)CNC(=O)Nc1ccsc1. The van der Waals surface area contributed by atoms with Crippen molar-refractivity contribution in [1.29, 1.82) is 0 Å². The largest absolute Gasteiger partial charge is 0.388 e. The lowest BCUT2D eigenvalue weighted by molar-refractivity contribution is 0.0354. The summed E-state index contributed by atoms with van der Waals surface area (Å²) in [5, 5.41) is 19.1. The van der Waals surface area contributed by atoms with E-state index in [1.165, 1.54) is 11.3 Å². The van der Waals surface area contributed by atoms with Gasteiger partial charge in [-0.15, -0.1) is 0 Å². The van der Waals surface area contributed by atoms with E-state index in [0.717, 1.165) is 5.69 Å². The molecule has 0 spiro atoms. The third-order valence-corrected chi connectivity index (χ3v) is 3.36. The topological polar surface area (TPSA) is 61.4 Å². The second-order valence-corrected chi connectivity index (χ2v) is 4.53. The van der Waals surface area contributed by atoms with Gasteiger partial charge in [0.05, 0.1) is 11.3 Å². The summed E-state index contributed by atoms with van der Waals surface area (Å²) in [6.45, 7) is 4.08. The molecular weight excluding hydrogens is 224 g/mol. The summed E-state index contributed by atoms with van der Waals surface area (Å²) < 4.78 is 0. The van der Waals surface area contributed by atoms with Crippen molar-refractivity contribution < 1.29 is 9.90 Å². The van der Waals surface area contributed by atoms with Crippen molar-refractivity contribution in [2.75, 3.05) is 11.9 Å². The zero-order valence-corrected chi connectivity index (χ0v) is 10.4. The van der Waals surface area contributed by atoms with E-state index in [9.17, 15) is 9.90 Å². The highest BCUT2D eigenvalue weighted by Gasteiger charge is 2.22. The molecule has 0 aliphatic heterocycles. The lowest BCUT2D eigenvalue weighted by Gasteiger charge is -2.25. The van der Waals surface area contributed by atoms with Crippen molar-refractivity contribution in [3.05, 3.63) is 16.8 Å². The van der Waals surface area contributed by atoms with Crippen molar-refractivity contribution >= 4 is 23.1 Å². The molecule has 4 nitrogen and oxygen atoms in total. The predicted octanol–water partition coefficient (Wildman–Crippen LogP) is 2.42. The van der Waals surface area contributed by atoms with Crippen LogP contribution in [0.5, 0.6) is 0 Å². The van der Waals surface area contributed by atoms with Crippen LogP contribution in [0.3, 0.4) is 0 Å². The number of aliphatic hydroxyl groups is 1. The van der Waals surface area contributed by atoms with Crippen LogP contribution >= 0.6 is 11.3 Å². The minimum absolute atomic E-state index is 0.274. The van der Waals surface area contributed by atoms with Crippen LogP contribution in [0.4, 0.5) is 10.5 Å². The number of hydrogen-bond donors (Lipinski definition) is 3. The average Bonchev–Trinajstić information content (AvgIpc) is 2.79. The van der Waals surface area contributed by atoms with Gasteiger partial charge in [0.1, 0.15) is 0 Å². The Bertz CT molecular complexity index is 321. The van der Waals surface area contributed by atoms with Crippen LogP contribution in [-0.2, 0) is 0 Å². The second-order valence-electron chi connectivity index (χ2n) is 3.75. The van der Waals surface area contributed by atoms with Gasteiger partial charge in [0, 0.05) is 11.9 Å². The molecule has 1 rings (SSSR count). The molecule has 0 atom stereocenters. The molecule has 90 valence electrons. The summed E-state index contributed by atoms with van der Waals surface area (Å²) in [7, 11) is 0. The molecule has 0 radical (unpaired) electrons. The number of carbonyl (C=O) groups excluding carboxylic acids is 1. The number of thiophene rings is 1. The molecule has 0 aromatic carbocycles. The number of nitrogens with one attached hydrogen (secondary N) is 2. The van der Waals surface area contributed by atoms with E-state index in [0.29, 0.717) is 12.8 Å². The van der Waals surface area contributed by atoms with Gasteiger partial charge in [-0.1, -0.05) is 13.8 Å². The number of carbonyl (C=O) groups is 1. The standard InChI is InChI=1S/C11H18N2O2S/c1-3-11(15,4-2)8-12-10(14)13-9-5-6-16-7-9/h5-7,15H,3-4,8H2,1-2H3,(H2,12,13,14). The Morgan fingerprint density at radius 1 is 1.50 bits per heavy atom. The Labute approximate surface area is 99.7 Å². The Balaban J connectivity index is 2.35. The van der Waals surface area contributed by atoms with E-state index in [1.807, 2.05) is 30.7 Å². The quantitative estimate of drug-likeness (QED) is 0.742. The summed E-state index contributed by atoms with van der Waals surface area (Å²) in [6, 6.07) is 1.55. The van der Waals surface area contributed by atoms with Gasteiger partial charge in [-0.3, -0.25) is 0 Å². The highest BCUT2D eigenvalue weighted by Crippen LogP contribution is 2.14. The van der Waals surface area contributed by atoms with Gasteiger partial charge in [0.2, 0.25) is 0 Å². The van der Waals surface area contributed by atoms with Crippen molar-refractivity contribution in [3.63, 3.8) is 0 Å². The average molecular weight is 242 g/mol. The molecule has 16 heavy (non-hydrogen) atoms. The molecule has 1 heterocycles. The highest BCUT2D eigenvalue weighted by atomic mass is 32.1.